The molecule has 132 valence electrons. The smallest absolute Gasteiger partial charge is 0.224 e. The Morgan fingerprint density at radius 1 is 1.38 bits per heavy atom. The summed E-state index contributed by atoms with van der Waals surface area (Å²) in [5.41, 5.74) is 1.45. The SMILES string of the molecule is CC(CC(=O)N1CCOCC1)NCC1(O)CCCc2ccccc21. The number of fused-ring (bicyclic) bond motifs is 1. The molecule has 1 aliphatic carbocycles. The summed E-state index contributed by atoms with van der Waals surface area (Å²) in [7, 11) is 0. The van der Waals surface area contributed by atoms with Crippen LogP contribution < -0.4 is 5.32 Å². The summed E-state index contributed by atoms with van der Waals surface area (Å²) in [5.74, 6) is 0.161. The van der Waals surface area contributed by atoms with Gasteiger partial charge in [-0.05, 0) is 37.3 Å². The van der Waals surface area contributed by atoms with E-state index in [0.29, 0.717) is 39.3 Å². The van der Waals surface area contributed by atoms with Crippen molar-refractivity contribution in [3.63, 3.8) is 0 Å². The molecule has 3 rings (SSSR count). The number of amides is 1. The number of aryl methyl sites for hydroxylation is 1. The second kappa shape index (κ2) is 7.64. The predicted octanol–water partition coefficient (Wildman–Crippen LogP) is 1.44. The Bertz CT molecular complexity index is 571. The molecular weight excluding hydrogens is 304 g/mol. The fraction of sp³-hybridized carbons (Fsp3) is 0.632. The van der Waals surface area contributed by atoms with E-state index < -0.39 is 5.60 Å². The van der Waals surface area contributed by atoms with E-state index in [1.54, 1.807) is 0 Å². The number of aliphatic hydroxyl groups is 1. The number of rotatable bonds is 5. The van der Waals surface area contributed by atoms with Gasteiger partial charge >= 0.3 is 0 Å². The van der Waals surface area contributed by atoms with Crippen molar-refractivity contribution < 1.29 is 14.6 Å². The zero-order valence-corrected chi connectivity index (χ0v) is 14.5. The van der Waals surface area contributed by atoms with Crippen LogP contribution in [0.2, 0.25) is 0 Å². The van der Waals surface area contributed by atoms with E-state index in [-0.39, 0.29) is 11.9 Å². The first kappa shape index (κ1) is 17.4. The summed E-state index contributed by atoms with van der Waals surface area (Å²) in [5, 5.41) is 14.5. The van der Waals surface area contributed by atoms with Gasteiger partial charge in [0.2, 0.25) is 5.91 Å². The molecule has 1 saturated heterocycles. The number of ether oxygens (including phenoxy) is 1. The molecule has 1 amide bonds. The third kappa shape index (κ3) is 3.97. The summed E-state index contributed by atoms with van der Waals surface area (Å²) in [4.78, 5) is 14.2. The summed E-state index contributed by atoms with van der Waals surface area (Å²) in [6, 6.07) is 8.19. The summed E-state index contributed by atoms with van der Waals surface area (Å²) < 4.78 is 5.29. The number of carbonyl (C=O) groups excluding carboxylic acids is 1. The van der Waals surface area contributed by atoms with Gasteiger partial charge in [-0.2, -0.15) is 0 Å². The minimum absolute atomic E-state index is 0.0402. The zero-order chi connectivity index (χ0) is 17.0. The van der Waals surface area contributed by atoms with E-state index in [2.05, 4.69) is 11.4 Å². The molecule has 1 aliphatic heterocycles. The number of nitrogens with one attached hydrogen (secondary N) is 1. The van der Waals surface area contributed by atoms with Crippen LogP contribution in [0.3, 0.4) is 0 Å². The van der Waals surface area contributed by atoms with Gasteiger partial charge in [0.15, 0.2) is 0 Å². The predicted molar refractivity (Wildman–Crippen MR) is 92.8 cm³/mol. The van der Waals surface area contributed by atoms with Gasteiger partial charge in [-0.3, -0.25) is 4.79 Å². The summed E-state index contributed by atoms with van der Waals surface area (Å²) >= 11 is 0. The van der Waals surface area contributed by atoms with E-state index in [0.717, 1.165) is 24.8 Å². The number of benzene rings is 1. The molecule has 1 heterocycles. The maximum Gasteiger partial charge on any atom is 0.224 e. The van der Waals surface area contributed by atoms with Crippen LogP contribution in [0.5, 0.6) is 0 Å². The highest BCUT2D eigenvalue weighted by Crippen LogP contribution is 2.34. The fourth-order valence-corrected chi connectivity index (χ4v) is 3.70. The van der Waals surface area contributed by atoms with Gasteiger partial charge in [0.1, 0.15) is 5.60 Å². The molecule has 24 heavy (non-hydrogen) atoms. The lowest BCUT2D eigenvalue weighted by molar-refractivity contribution is -0.135. The minimum Gasteiger partial charge on any atom is -0.384 e. The average Bonchev–Trinajstić information content (AvgIpc) is 2.61. The number of nitrogens with zero attached hydrogens (tertiary/aromatic N) is 1. The van der Waals surface area contributed by atoms with Crippen molar-refractivity contribution in [1.82, 2.24) is 10.2 Å². The standard InChI is InChI=1S/C19H28N2O3/c1-15(13-18(22)21-9-11-24-12-10-21)20-14-19(23)8-4-6-16-5-2-3-7-17(16)19/h2-3,5,7,15,20,23H,4,6,8-14H2,1H3. The highest BCUT2D eigenvalue weighted by atomic mass is 16.5. The lowest BCUT2D eigenvalue weighted by Crippen LogP contribution is -2.46. The number of hydrogen-bond donors (Lipinski definition) is 2. The molecule has 0 radical (unpaired) electrons. The summed E-state index contributed by atoms with van der Waals surface area (Å²) in [6.45, 7) is 5.12. The lowest BCUT2D eigenvalue weighted by atomic mass is 9.79. The molecule has 0 aromatic heterocycles. The normalized spacial score (nSPS) is 25.2. The molecule has 2 N–H and O–H groups in total. The topological polar surface area (TPSA) is 61.8 Å². The monoisotopic (exact) mass is 332 g/mol. The highest BCUT2D eigenvalue weighted by Gasteiger charge is 2.34. The number of morpholine rings is 1. The first-order valence-electron chi connectivity index (χ1n) is 8.98. The third-order valence-corrected chi connectivity index (χ3v) is 5.14. The Morgan fingerprint density at radius 2 is 2.12 bits per heavy atom. The quantitative estimate of drug-likeness (QED) is 0.856. The molecule has 0 bridgehead atoms. The first-order valence-corrected chi connectivity index (χ1v) is 8.98. The van der Waals surface area contributed by atoms with E-state index >= 15 is 0 Å². The first-order chi connectivity index (χ1) is 11.6. The van der Waals surface area contributed by atoms with Gasteiger partial charge in [-0.1, -0.05) is 24.3 Å². The Balaban J connectivity index is 1.54. The molecule has 0 spiro atoms. The second-order valence-corrected chi connectivity index (χ2v) is 7.02. The van der Waals surface area contributed by atoms with Gasteiger partial charge in [0.05, 0.1) is 13.2 Å². The van der Waals surface area contributed by atoms with Crippen LogP contribution in [0.4, 0.5) is 0 Å². The summed E-state index contributed by atoms with van der Waals surface area (Å²) in [6.07, 6.45) is 3.25. The molecule has 2 unspecified atom stereocenters. The minimum atomic E-state index is -0.828. The van der Waals surface area contributed by atoms with Crippen molar-refractivity contribution in [3.8, 4) is 0 Å². The molecule has 2 aliphatic rings. The maximum atomic E-state index is 12.3. The second-order valence-electron chi connectivity index (χ2n) is 7.02. The molecule has 5 nitrogen and oxygen atoms in total. The lowest BCUT2D eigenvalue weighted by Gasteiger charge is -2.36. The number of carbonyl (C=O) groups is 1. The fourth-order valence-electron chi connectivity index (χ4n) is 3.70. The van der Waals surface area contributed by atoms with Crippen LogP contribution in [0.1, 0.15) is 37.3 Å². The Hall–Kier alpha value is -1.43. The van der Waals surface area contributed by atoms with Crippen molar-refractivity contribution in [2.45, 2.75) is 44.2 Å². The van der Waals surface area contributed by atoms with Crippen molar-refractivity contribution in [2.75, 3.05) is 32.8 Å². The van der Waals surface area contributed by atoms with Crippen LogP contribution in [-0.4, -0.2) is 54.8 Å². The third-order valence-electron chi connectivity index (χ3n) is 5.14. The van der Waals surface area contributed by atoms with E-state index in [9.17, 15) is 9.90 Å². The molecule has 5 heteroatoms. The van der Waals surface area contributed by atoms with Gasteiger partial charge in [0.25, 0.3) is 0 Å². The van der Waals surface area contributed by atoms with E-state index in [1.807, 2.05) is 30.0 Å². The van der Waals surface area contributed by atoms with Crippen LogP contribution in [-0.2, 0) is 21.6 Å². The van der Waals surface area contributed by atoms with Gasteiger partial charge in [-0.15, -0.1) is 0 Å². The molecular formula is C19H28N2O3. The Kier molecular flexibility index (Phi) is 5.54. The van der Waals surface area contributed by atoms with Gasteiger partial charge in [0, 0.05) is 32.1 Å². The van der Waals surface area contributed by atoms with Crippen LogP contribution in [0.15, 0.2) is 24.3 Å². The van der Waals surface area contributed by atoms with E-state index in [1.165, 1.54) is 5.56 Å². The van der Waals surface area contributed by atoms with Gasteiger partial charge in [-0.25, -0.2) is 0 Å². The molecule has 2 atom stereocenters. The molecule has 0 saturated carbocycles. The van der Waals surface area contributed by atoms with Crippen molar-refractivity contribution in [1.29, 1.82) is 0 Å². The largest absolute Gasteiger partial charge is 0.384 e. The van der Waals surface area contributed by atoms with Crippen molar-refractivity contribution >= 4 is 5.91 Å². The van der Waals surface area contributed by atoms with Gasteiger partial charge < -0.3 is 20.1 Å². The van der Waals surface area contributed by atoms with Crippen LogP contribution in [0.25, 0.3) is 0 Å². The maximum absolute atomic E-state index is 12.3. The molecule has 1 aromatic carbocycles. The van der Waals surface area contributed by atoms with Crippen LogP contribution in [0, 0.1) is 0 Å². The molecule has 1 aromatic rings. The Labute approximate surface area is 144 Å². The molecule has 1 fully saturated rings. The number of hydrogen-bond acceptors (Lipinski definition) is 4. The van der Waals surface area contributed by atoms with Crippen molar-refractivity contribution in [2.24, 2.45) is 0 Å². The Morgan fingerprint density at radius 3 is 2.92 bits per heavy atom. The zero-order valence-electron chi connectivity index (χ0n) is 14.5. The average molecular weight is 332 g/mol. The van der Waals surface area contributed by atoms with Crippen LogP contribution >= 0.6 is 0 Å². The van der Waals surface area contributed by atoms with E-state index in [4.69, 9.17) is 4.74 Å². The highest BCUT2D eigenvalue weighted by molar-refractivity contribution is 5.76. The van der Waals surface area contributed by atoms with Crippen molar-refractivity contribution in [3.05, 3.63) is 35.4 Å².